The van der Waals surface area contributed by atoms with Gasteiger partial charge in [-0.3, -0.25) is 4.79 Å². The molecule has 0 saturated heterocycles. The molecule has 0 bridgehead atoms. The lowest BCUT2D eigenvalue weighted by atomic mass is 10.2. The molecule has 1 heterocycles. The highest BCUT2D eigenvalue weighted by Crippen LogP contribution is 2.21. The first-order valence-electron chi connectivity index (χ1n) is 7.10. The highest BCUT2D eigenvalue weighted by molar-refractivity contribution is 7.91. The topological polar surface area (TPSA) is 75.7 Å². The maximum atomic E-state index is 12.4. The predicted octanol–water partition coefficient (Wildman–Crippen LogP) is 2.29. The van der Waals surface area contributed by atoms with E-state index in [-0.39, 0.29) is 16.5 Å². The Balaban J connectivity index is 1.95. The van der Waals surface area contributed by atoms with Gasteiger partial charge in [0.1, 0.15) is 9.96 Å². The van der Waals surface area contributed by atoms with Crippen molar-refractivity contribution in [2.75, 3.05) is 13.6 Å². The molecular weight excluding hydrogens is 374 g/mol. The number of hydrogen-bond acceptors (Lipinski definition) is 5. The third-order valence-corrected chi connectivity index (χ3v) is 6.37. The second-order valence-corrected chi connectivity index (χ2v) is 8.18. The Morgan fingerprint density at radius 2 is 2.00 bits per heavy atom. The van der Waals surface area contributed by atoms with Gasteiger partial charge < -0.3 is 10.1 Å². The van der Waals surface area contributed by atoms with E-state index < -0.39 is 29.1 Å². The van der Waals surface area contributed by atoms with Crippen LogP contribution in [-0.2, 0) is 21.4 Å². The molecule has 1 N–H and O–H groups in total. The number of nitrogens with one attached hydrogen (secondary N) is 1. The molecule has 1 amide bonds. The number of nitrogens with zero attached hydrogens (tertiary/aromatic N) is 1. The first kappa shape index (κ1) is 19.3. The first-order valence-corrected chi connectivity index (χ1v) is 9.42. The summed E-state index contributed by atoms with van der Waals surface area (Å²) in [5, 5.41) is 4.12. The van der Waals surface area contributed by atoms with E-state index in [0.29, 0.717) is 5.56 Å². The van der Waals surface area contributed by atoms with Crippen LogP contribution in [0.5, 0.6) is 5.75 Å². The van der Waals surface area contributed by atoms with E-state index in [1.54, 1.807) is 17.5 Å². The summed E-state index contributed by atoms with van der Waals surface area (Å²) in [6.07, 6.45) is 0. The Kier molecular flexibility index (Phi) is 6.45. The largest absolute Gasteiger partial charge is 0.434 e. The highest BCUT2D eigenvalue weighted by Gasteiger charge is 2.23. The number of carbonyl (C=O) groups excluding carboxylic acids is 1. The van der Waals surface area contributed by atoms with E-state index in [2.05, 4.69) is 10.1 Å². The number of halogens is 2. The minimum absolute atomic E-state index is 0.0441. The Labute approximate surface area is 148 Å². The van der Waals surface area contributed by atoms with Gasteiger partial charge in [0.15, 0.2) is 0 Å². The summed E-state index contributed by atoms with van der Waals surface area (Å²) >= 11 is 1.05. The van der Waals surface area contributed by atoms with Gasteiger partial charge in [-0.25, -0.2) is 8.42 Å². The van der Waals surface area contributed by atoms with Crippen LogP contribution in [0.15, 0.2) is 46.0 Å². The maximum absolute atomic E-state index is 12.4. The molecule has 0 unspecified atom stereocenters. The van der Waals surface area contributed by atoms with Crippen molar-refractivity contribution < 1.29 is 26.7 Å². The molecule has 0 aliphatic heterocycles. The fraction of sp³-hybridized carbons (Fsp3) is 0.267. The van der Waals surface area contributed by atoms with E-state index in [0.717, 1.165) is 15.6 Å². The number of sulfonamides is 1. The molecule has 0 aliphatic carbocycles. The molecule has 10 heteroatoms. The van der Waals surface area contributed by atoms with E-state index in [1.807, 2.05) is 0 Å². The summed E-state index contributed by atoms with van der Waals surface area (Å²) in [4.78, 5) is 12.0. The molecule has 0 aliphatic rings. The second-order valence-electron chi connectivity index (χ2n) is 4.96. The Bertz CT molecular complexity index is 811. The summed E-state index contributed by atoms with van der Waals surface area (Å²) in [5.74, 6) is -0.605. The van der Waals surface area contributed by atoms with Crippen LogP contribution in [0.25, 0.3) is 0 Å². The van der Waals surface area contributed by atoms with Crippen LogP contribution in [0, 0.1) is 0 Å². The molecule has 0 fully saturated rings. The number of amides is 1. The fourth-order valence-corrected chi connectivity index (χ4v) is 4.29. The molecule has 1 aromatic heterocycles. The summed E-state index contributed by atoms with van der Waals surface area (Å²) in [6, 6.07) is 9.10. The van der Waals surface area contributed by atoms with Crippen LogP contribution in [0.4, 0.5) is 8.78 Å². The number of hydrogen-bond donors (Lipinski definition) is 1. The molecule has 2 rings (SSSR count). The van der Waals surface area contributed by atoms with E-state index in [1.165, 1.54) is 31.3 Å². The molecule has 0 radical (unpaired) electrons. The lowest BCUT2D eigenvalue weighted by molar-refractivity contribution is -0.121. The van der Waals surface area contributed by atoms with Crippen molar-refractivity contribution in [2.45, 2.75) is 17.4 Å². The molecule has 0 spiro atoms. The molecule has 0 atom stereocenters. The van der Waals surface area contributed by atoms with Crippen molar-refractivity contribution in [3.8, 4) is 5.75 Å². The molecular formula is C15H16F2N2O4S2. The summed E-state index contributed by atoms with van der Waals surface area (Å²) in [6.45, 7) is -3.42. The van der Waals surface area contributed by atoms with E-state index in [9.17, 15) is 22.0 Å². The average Bonchev–Trinajstić information content (AvgIpc) is 3.08. The van der Waals surface area contributed by atoms with Crippen molar-refractivity contribution in [3.05, 3.63) is 47.3 Å². The first-order chi connectivity index (χ1) is 11.8. The van der Waals surface area contributed by atoms with Crippen LogP contribution in [0.1, 0.15) is 5.56 Å². The predicted molar refractivity (Wildman–Crippen MR) is 89.1 cm³/mol. The quantitative estimate of drug-likeness (QED) is 0.750. The van der Waals surface area contributed by atoms with E-state index in [4.69, 9.17) is 0 Å². The molecule has 25 heavy (non-hydrogen) atoms. The zero-order chi connectivity index (χ0) is 18.4. The third kappa shape index (κ3) is 5.21. The van der Waals surface area contributed by atoms with Crippen LogP contribution in [-0.4, -0.2) is 38.8 Å². The summed E-state index contributed by atoms with van der Waals surface area (Å²) in [5.41, 5.74) is 0.361. The van der Waals surface area contributed by atoms with Crippen molar-refractivity contribution >= 4 is 27.3 Å². The minimum Gasteiger partial charge on any atom is -0.434 e. The van der Waals surface area contributed by atoms with Crippen LogP contribution >= 0.6 is 11.3 Å². The number of alkyl halides is 2. The van der Waals surface area contributed by atoms with Crippen LogP contribution in [0.3, 0.4) is 0 Å². The van der Waals surface area contributed by atoms with Gasteiger partial charge in [-0.1, -0.05) is 24.3 Å². The number of para-hydroxylation sites is 1. The van der Waals surface area contributed by atoms with Gasteiger partial charge in [0, 0.05) is 19.2 Å². The third-order valence-electron chi connectivity index (χ3n) is 3.19. The van der Waals surface area contributed by atoms with Crippen LogP contribution in [0.2, 0.25) is 0 Å². The number of likely N-dealkylation sites (N-methyl/N-ethyl adjacent to an activating group) is 1. The molecule has 0 saturated carbocycles. The number of thiophene rings is 1. The smallest absolute Gasteiger partial charge is 0.387 e. The molecule has 1 aromatic carbocycles. The Hall–Kier alpha value is -2.04. The highest BCUT2D eigenvalue weighted by atomic mass is 32.2. The monoisotopic (exact) mass is 390 g/mol. The fourth-order valence-electron chi connectivity index (χ4n) is 1.96. The standard InChI is InChI=1S/C15H16F2N2O4S2/c1-19(25(21,22)14-7-4-8-24-14)10-13(20)18-9-11-5-2-3-6-12(11)23-15(16)17/h2-8,15H,9-10H2,1H3,(H,18,20). The number of carbonyl (C=O) groups is 1. The van der Waals surface area contributed by atoms with Gasteiger partial charge >= 0.3 is 6.61 Å². The van der Waals surface area contributed by atoms with Gasteiger partial charge in [0.05, 0.1) is 6.54 Å². The van der Waals surface area contributed by atoms with Crippen molar-refractivity contribution in [1.29, 1.82) is 0 Å². The van der Waals surface area contributed by atoms with Gasteiger partial charge in [-0.2, -0.15) is 13.1 Å². The van der Waals surface area contributed by atoms with Gasteiger partial charge in [0.2, 0.25) is 5.91 Å². The number of rotatable bonds is 8. The minimum atomic E-state index is -3.73. The lowest BCUT2D eigenvalue weighted by Crippen LogP contribution is -2.37. The van der Waals surface area contributed by atoms with Crippen molar-refractivity contribution in [2.24, 2.45) is 0 Å². The zero-order valence-electron chi connectivity index (χ0n) is 13.2. The normalized spacial score (nSPS) is 11.7. The van der Waals surface area contributed by atoms with Crippen molar-refractivity contribution in [1.82, 2.24) is 9.62 Å². The zero-order valence-corrected chi connectivity index (χ0v) is 14.8. The van der Waals surface area contributed by atoms with Gasteiger partial charge in [0.25, 0.3) is 10.0 Å². The summed E-state index contributed by atoms with van der Waals surface area (Å²) in [7, 11) is -2.44. The Morgan fingerprint density at radius 1 is 1.28 bits per heavy atom. The average molecular weight is 390 g/mol. The van der Waals surface area contributed by atoms with Crippen LogP contribution < -0.4 is 10.1 Å². The van der Waals surface area contributed by atoms with Gasteiger partial charge in [-0.15, -0.1) is 11.3 Å². The summed E-state index contributed by atoms with van der Waals surface area (Å²) < 4.78 is 54.6. The maximum Gasteiger partial charge on any atom is 0.387 e. The lowest BCUT2D eigenvalue weighted by Gasteiger charge is -2.16. The van der Waals surface area contributed by atoms with E-state index >= 15 is 0 Å². The number of benzene rings is 1. The van der Waals surface area contributed by atoms with Crippen molar-refractivity contribution in [3.63, 3.8) is 0 Å². The number of ether oxygens (including phenoxy) is 1. The SMILES string of the molecule is CN(CC(=O)NCc1ccccc1OC(F)F)S(=O)(=O)c1cccs1. The van der Waals surface area contributed by atoms with Gasteiger partial charge in [-0.05, 0) is 17.5 Å². The second kappa shape index (κ2) is 8.37. The molecule has 2 aromatic rings. The Morgan fingerprint density at radius 3 is 2.64 bits per heavy atom. The molecule has 136 valence electrons. The molecule has 6 nitrogen and oxygen atoms in total.